The molecule has 25 heavy (non-hydrogen) atoms. The van der Waals surface area contributed by atoms with E-state index in [1.54, 1.807) is 11.3 Å². The van der Waals surface area contributed by atoms with Gasteiger partial charge in [-0.15, -0.1) is 0 Å². The van der Waals surface area contributed by atoms with Gasteiger partial charge >= 0.3 is 0 Å². The van der Waals surface area contributed by atoms with Gasteiger partial charge in [0.25, 0.3) is 5.91 Å². The van der Waals surface area contributed by atoms with Crippen molar-refractivity contribution in [1.29, 1.82) is 0 Å². The van der Waals surface area contributed by atoms with E-state index in [-0.39, 0.29) is 5.91 Å². The fourth-order valence-corrected chi connectivity index (χ4v) is 4.33. The number of hydrogen-bond acceptors (Lipinski definition) is 5. The van der Waals surface area contributed by atoms with Gasteiger partial charge in [0.1, 0.15) is 0 Å². The Morgan fingerprint density at radius 3 is 2.72 bits per heavy atom. The minimum atomic E-state index is 0.169. The van der Waals surface area contributed by atoms with E-state index in [0.717, 1.165) is 44.6 Å². The molecule has 1 aromatic heterocycles. The molecule has 5 nitrogen and oxygen atoms in total. The summed E-state index contributed by atoms with van der Waals surface area (Å²) in [5, 5.41) is 3.91. The summed E-state index contributed by atoms with van der Waals surface area (Å²) in [5.74, 6) is 0.169. The van der Waals surface area contributed by atoms with E-state index in [0.29, 0.717) is 12.2 Å². The zero-order valence-electron chi connectivity index (χ0n) is 14.2. The van der Waals surface area contributed by atoms with Gasteiger partial charge in [-0.25, -0.2) is 10.9 Å². The Balaban J connectivity index is 1.35. The van der Waals surface area contributed by atoms with Crippen LogP contribution in [0.15, 0.2) is 47.2 Å². The minimum Gasteiger partial charge on any atom is -0.337 e. The average Bonchev–Trinajstić information content (AvgIpc) is 3.30. The Kier molecular flexibility index (Phi) is 5.12. The van der Waals surface area contributed by atoms with Gasteiger partial charge in [0.2, 0.25) is 0 Å². The van der Waals surface area contributed by atoms with Crippen LogP contribution in [0.3, 0.4) is 0 Å². The average molecular weight is 356 g/mol. The summed E-state index contributed by atoms with van der Waals surface area (Å²) in [6, 6.07) is 12.8. The smallest absolute Gasteiger partial charge is 0.254 e. The predicted molar refractivity (Wildman–Crippen MR) is 100 cm³/mol. The maximum atomic E-state index is 12.6. The van der Waals surface area contributed by atoms with Crippen LogP contribution in [0.5, 0.6) is 0 Å². The van der Waals surface area contributed by atoms with Crippen LogP contribution in [0.2, 0.25) is 0 Å². The van der Waals surface area contributed by atoms with Crippen LogP contribution in [0.1, 0.15) is 34.8 Å². The highest BCUT2D eigenvalue weighted by Crippen LogP contribution is 2.24. The maximum Gasteiger partial charge on any atom is 0.254 e. The largest absolute Gasteiger partial charge is 0.337 e. The molecule has 3 heterocycles. The fraction of sp³-hybridized carbons (Fsp3) is 0.421. The number of benzene rings is 1. The van der Waals surface area contributed by atoms with Crippen LogP contribution in [-0.2, 0) is 0 Å². The molecule has 0 bridgehead atoms. The predicted octanol–water partition coefficient (Wildman–Crippen LogP) is 2.46. The van der Waals surface area contributed by atoms with Gasteiger partial charge < -0.3 is 4.90 Å². The fourth-order valence-electron chi connectivity index (χ4n) is 3.70. The van der Waals surface area contributed by atoms with Crippen molar-refractivity contribution in [3.05, 3.63) is 58.3 Å². The van der Waals surface area contributed by atoms with Crippen molar-refractivity contribution in [2.45, 2.75) is 25.0 Å². The van der Waals surface area contributed by atoms with Gasteiger partial charge in [-0.1, -0.05) is 30.3 Å². The monoisotopic (exact) mass is 356 g/mol. The lowest BCUT2D eigenvalue weighted by Crippen LogP contribution is -2.46. The molecule has 2 aliphatic heterocycles. The van der Waals surface area contributed by atoms with E-state index in [1.165, 1.54) is 5.56 Å². The summed E-state index contributed by atoms with van der Waals surface area (Å²) in [6.45, 7) is 3.57. The van der Waals surface area contributed by atoms with Crippen LogP contribution in [0, 0.1) is 0 Å². The summed E-state index contributed by atoms with van der Waals surface area (Å²) in [4.78, 5) is 17.0. The molecule has 1 aromatic carbocycles. The molecule has 6 heteroatoms. The summed E-state index contributed by atoms with van der Waals surface area (Å²) < 4.78 is 0. The molecule has 2 atom stereocenters. The van der Waals surface area contributed by atoms with Crippen molar-refractivity contribution < 1.29 is 4.79 Å². The van der Waals surface area contributed by atoms with Gasteiger partial charge in [0.05, 0.1) is 11.7 Å². The first-order chi connectivity index (χ1) is 12.3. The first kappa shape index (κ1) is 16.7. The number of amides is 1. The van der Waals surface area contributed by atoms with Crippen molar-refractivity contribution in [2.24, 2.45) is 0 Å². The van der Waals surface area contributed by atoms with Gasteiger partial charge in [-0.3, -0.25) is 9.69 Å². The van der Waals surface area contributed by atoms with Crippen LogP contribution in [0.4, 0.5) is 0 Å². The van der Waals surface area contributed by atoms with Gasteiger partial charge in [-0.05, 0) is 29.9 Å². The van der Waals surface area contributed by atoms with Gasteiger partial charge in [0, 0.05) is 37.6 Å². The molecule has 2 aliphatic rings. The Labute approximate surface area is 152 Å². The summed E-state index contributed by atoms with van der Waals surface area (Å²) in [6.07, 6.45) is 2.38. The van der Waals surface area contributed by atoms with E-state index in [2.05, 4.69) is 46.1 Å². The molecule has 0 radical (unpaired) electrons. The molecule has 0 aliphatic carbocycles. The molecule has 2 N–H and O–H groups in total. The molecule has 2 aromatic rings. The lowest BCUT2D eigenvalue weighted by atomic mass is 10.0. The standard InChI is InChI=1S/C19H24N4OS/c24-19(16-7-12-25-14-16)23-9-4-8-22(10-11-23)18-13-17(20-21-18)15-5-2-1-3-6-15/h1-3,5-7,12,14,17-18,20-21H,4,8-11,13H2. The first-order valence-corrected chi connectivity index (χ1v) is 9.87. The number of carbonyl (C=O) groups excluding carboxylic acids is 1. The molecule has 0 saturated carbocycles. The molecular weight excluding hydrogens is 332 g/mol. The number of thiophene rings is 1. The number of nitrogens with one attached hydrogen (secondary N) is 2. The van der Waals surface area contributed by atoms with E-state index < -0.39 is 0 Å². The van der Waals surface area contributed by atoms with Crippen molar-refractivity contribution >= 4 is 17.2 Å². The normalized spacial score (nSPS) is 25.0. The Morgan fingerprint density at radius 1 is 1.04 bits per heavy atom. The summed E-state index contributed by atoms with van der Waals surface area (Å²) in [5.41, 5.74) is 9.02. The van der Waals surface area contributed by atoms with Crippen molar-refractivity contribution in [2.75, 3.05) is 26.2 Å². The zero-order chi connectivity index (χ0) is 17.1. The Morgan fingerprint density at radius 2 is 1.92 bits per heavy atom. The van der Waals surface area contributed by atoms with Crippen LogP contribution >= 0.6 is 11.3 Å². The second-order valence-electron chi connectivity index (χ2n) is 6.70. The quantitative estimate of drug-likeness (QED) is 0.887. The molecule has 2 unspecified atom stereocenters. The van der Waals surface area contributed by atoms with Crippen LogP contribution in [-0.4, -0.2) is 48.1 Å². The van der Waals surface area contributed by atoms with Crippen molar-refractivity contribution in [3.63, 3.8) is 0 Å². The second kappa shape index (κ2) is 7.66. The molecule has 132 valence electrons. The van der Waals surface area contributed by atoms with Crippen LogP contribution in [0.25, 0.3) is 0 Å². The van der Waals surface area contributed by atoms with Crippen LogP contribution < -0.4 is 10.9 Å². The number of hydrazine groups is 1. The molecular formula is C19H24N4OS. The minimum absolute atomic E-state index is 0.169. The Hall–Kier alpha value is -1.73. The molecule has 0 spiro atoms. The van der Waals surface area contributed by atoms with E-state index in [1.807, 2.05) is 21.7 Å². The number of rotatable bonds is 3. The molecule has 2 fully saturated rings. The third-order valence-electron chi connectivity index (χ3n) is 5.11. The topological polar surface area (TPSA) is 47.6 Å². The third kappa shape index (κ3) is 3.77. The van der Waals surface area contributed by atoms with Crippen molar-refractivity contribution in [1.82, 2.24) is 20.7 Å². The summed E-state index contributed by atoms with van der Waals surface area (Å²) >= 11 is 1.58. The highest BCUT2D eigenvalue weighted by Gasteiger charge is 2.31. The van der Waals surface area contributed by atoms with E-state index in [4.69, 9.17) is 0 Å². The highest BCUT2D eigenvalue weighted by molar-refractivity contribution is 7.08. The Bertz CT molecular complexity index is 691. The number of carbonyl (C=O) groups is 1. The number of nitrogens with zero attached hydrogens (tertiary/aromatic N) is 2. The highest BCUT2D eigenvalue weighted by atomic mass is 32.1. The first-order valence-electron chi connectivity index (χ1n) is 8.93. The van der Waals surface area contributed by atoms with E-state index >= 15 is 0 Å². The molecule has 1 amide bonds. The molecule has 2 saturated heterocycles. The summed E-state index contributed by atoms with van der Waals surface area (Å²) in [7, 11) is 0. The zero-order valence-corrected chi connectivity index (χ0v) is 15.0. The van der Waals surface area contributed by atoms with Gasteiger partial charge in [-0.2, -0.15) is 11.3 Å². The third-order valence-corrected chi connectivity index (χ3v) is 5.79. The van der Waals surface area contributed by atoms with Crippen molar-refractivity contribution in [3.8, 4) is 0 Å². The maximum absolute atomic E-state index is 12.6. The SMILES string of the molecule is O=C(c1ccsc1)N1CCCN(C2CC(c3ccccc3)NN2)CC1. The second-order valence-corrected chi connectivity index (χ2v) is 7.48. The number of hydrogen-bond donors (Lipinski definition) is 2. The van der Waals surface area contributed by atoms with E-state index in [9.17, 15) is 4.79 Å². The van der Waals surface area contributed by atoms with Gasteiger partial charge in [0.15, 0.2) is 0 Å². The lowest BCUT2D eigenvalue weighted by molar-refractivity contribution is 0.0757. The molecule has 4 rings (SSSR count). The lowest BCUT2D eigenvalue weighted by Gasteiger charge is -2.27.